The van der Waals surface area contributed by atoms with Crippen molar-refractivity contribution in [2.24, 2.45) is 0 Å². The Morgan fingerprint density at radius 3 is 2.53 bits per heavy atom. The summed E-state index contributed by atoms with van der Waals surface area (Å²) in [5.41, 5.74) is 0. The van der Waals surface area contributed by atoms with Crippen LogP contribution in [0, 0.1) is 0 Å². The molecule has 0 amide bonds. The van der Waals surface area contributed by atoms with Crippen LogP contribution in [-0.4, -0.2) is 45.7 Å². The minimum absolute atomic E-state index is 0.148. The van der Waals surface area contributed by atoms with Gasteiger partial charge in [0.15, 0.2) is 11.5 Å². The Balaban J connectivity index is 0.000000861. The van der Waals surface area contributed by atoms with Crippen LogP contribution in [0.15, 0.2) is 23.7 Å². The monoisotopic (exact) mass is 287 g/mol. The molecule has 0 bridgehead atoms. The number of rotatable bonds is 5. The third kappa shape index (κ3) is 5.94. The van der Waals surface area contributed by atoms with Gasteiger partial charge in [-0.15, -0.1) is 9.24 Å². The van der Waals surface area contributed by atoms with Crippen LogP contribution in [-0.2, 0) is 14.2 Å². The van der Waals surface area contributed by atoms with Gasteiger partial charge >= 0.3 is 0 Å². The highest BCUT2D eigenvalue weighted by molar-refractivity contribution is 7.15. The van der Waals surface area contributed by atoms with Crippen molar-refractivity contribution in [3.05, 3.63) is 23.7 Å². The fourth-order valence-electron chi connectivity index (χ4n) is 1.96. The summed E-state index contributed by atoms with van der Waals surface area (Å²) in [5, 5.41) is 3.29. The van der Waals surface area contributed by atoms with Crippen LogP contribution in [0.5, 0.6) is 0 Å². The van der Waals surface area contributed by atoms with E-state index in [0.29, 0.717) is 13.2 Å². The first kappa shape index (κ1) is 16.5. The number of allylic oxidation sites excluding steroid dienone is 2. The van der Waals surface area contributed by atoms with E-state index < -0.39 is 0 Å². The van der Waals surface area contributed by atoms with E-state index in [1.807, 2.05) is 13.6 Å². The van der Waals surface area contributed by atoms with Crippen molar-refractivity contribution in [1.82, 2.24) is 5.32 Å². The molecule has 1 fully saturated rings. The summed E-state index contributed by atoms with van der Waals surface area (Å²) >= 11 is 0. The normalized spacial score (nSPS) is 22.6. The van der Waals surface area contributed by atoms with E-state index in [2.05, 4.69) is 26.7 Å². The van der Waals surface area contributed by atoms with Crippen LogP contribution in [0.2, 0.25) is 0 Å². The zero-order chi connectivity index (χ0) is 13.9. The van der Waals surface area contributed by atoms with Gasteiger partial charge in [0, 0.05) is 13.1 Å². The van der Waals surface area contributed by atoms with Crippen molar-refractivity contribution in [2.45, 2.75) is 25.9 Å². The van der Waals surface area contributed by atoms with Gasteiger partial charge in [-0.1, -0.05) is 6.66 Å². The molecule has 4 nitrogen and oxygen atoms in total. The molecule has 0 radical (unpaired) electrons. The zero-order valence-electron chi connectivity index (χ0n) is 12.0. The zero-order valence-corrected chi connectivity index (χ0v) is 13.1. The number of morpholine rings is 1. The Hall–Kier alpha value is -0.570. The summed E-state index contributed by atoms with van der Waals surface area (Å²) < 4.78 is 16.9. The molecule has 110 valence electrons. The SMILES string of the molecule is CCOC1=CCCC=C1OCC1CNCCO1.CP. The van der Waals surface area contributed by atoms with Gasteiger partial charge in [-0.25, -0.2) is 0 Å². The molecule has 2 rings (SSSR count). The van der Waals surface area contributed by atoms with Gasteiger partial charge in [-0.2, -0.15) is 0 Å². The summed E-state index contributed by atoms with van der Waals surface area (Å²) in [4.78, 5) is 0. The molecule has 2 aliphatic rings. The average Bonchev–Trinajstić information content (AvgIpc) is 2.50. The first-order chi connectivity index (χ1) is 9.40. The predicted octanol–water partition coefficient (Wildman–Crippen LogP) is 2.08. The molecule has 0 aromatic rings. The standard InChI is InChI=1S/C13H21NO3.CH5P/c1-2-15-12-5-3-4-6-13(12)17-10-11-9-14-7-8-16-11;1-2/h5-6,11,14H,2-4,7-10H2,1H3;2H2,1H3. The summed E-state index contributed by atoms with van der Waals surface area (Å²) in [6, 6.07) is 0. The highest BCUT2D eigenvalue weighted by Gasteiger charge is 2.17. The van der Waals surface area contributed by atoms with E-state index in [-0.39, 0.29) is 6.10 Å². The quantitative estimate of drug-likeness (QED) is 0.786. The maximum atomic E-state index is 5.79. The molecule has 1 aliphatic heterocycles. The number of hydrogen-bond acceptors (Lipinski definition) is 4. The van der Waals surface area contributed by atoms with Crippen LogP contribution in [0.25, 0.3) is 0 Å². The molecule has 2 atom stereocenters. The van der Waals surface area contributed by atoms with Gasteiger partial charge in [-0.05, 0) is 31.9 Å². The smallest absolute Gasteiger partial charge is 0.157 e. The molecule has 0 spiro atoms. The van der Waals surface area contributed by atoms with E-state index in [9.17, 15) is 0 Å². The molecule has 1 aliphatic carbocycles. The van der Waals surface area contributed by atoms with E-state index in [1.165, 1.54) is 0 Å². The molecule has 1 heterocycles. The Bertz CT molecular complexity index is 299. The lowest BCUT2D eigenvalue weighted by molar-refractivity contribution is -0.0176. The topological polar surface area (TPSA) is 39.7 Å². The lowest BCUT2D eigenvalue weighted by Gasteiger charge is -2.25. The van der Waals surface area contributed by atoms with Crippen LogP contribution in [0.3, 0.4) is 0 Å². The Morgan fingerprint density at radius 1 is 1.26 bits per heavy atom. The summed E-state index contributed by atoms with van der Waals surface area (Å²) in [6.07, 6.45) is 6.40. The molecule has 0 aromatic carbocycles. The lowest BCUT2D eigenvalue weighted by Crippen LogP contribution is -2.41. The molecule has 19 heavy (non-hydrogen) atoms. The molecular weight excluding hydrogens is 261 g/mol. The van der Waals surface area contributed by atoms with Crippen LogP contribution < -0.4 is 5.32 Å². The minimum Gasteiger partial charge on any atom is -0.490 e. The van der Waals surface area contributed by atoms with Crippen molar-refractivity contribution in [1.29, 1.82) is 0 Å². The number of hydrogen-bond donors (Lipinski definition) is 1. The Kier molecular flexibility index (Phi) is 8.89. The van der Waals surface area contributed by atoms with Crippen LogP contribution >= 0.6 is 9.24 Å². The van der Waals surface area contributed by atoms with Gasteiger partial charge in [-0.3, -0.25) is 0 Å². The van der Waals surface area contributed by atoms with E-state index in [0.717, 1.165) is 44.1 Å². The summed E-state index contributed by atoms with van der Waals surface area (Å²) in [6.45, 7) is 7.73. The second-order valence-electron chi connectivity index (χ2n) is 4.16. The van der Waals surface area contributed by atoms with E-state index in [1.54, 1.807) is 0 Å². The predicted molar refractivity (Wildman–Crippen MR) is 81.2 cm³/mol. The fourth-order valence-corrected chi connectivity index (χ4v) is 1.96. The summed E-state index contributed by atoms with van der Waals surface area (Å²) in [7, 11) is 2.42. The van der Waals surface area contributed by atoms with Crippen molar-refractivity contribution in [3.63, 3.8) is 0 Å². The van der Waals surface area contributed by atoms with Gasteiger partial charge in [0.2, 0.25) is 0 Å². The fraction of sp³-hybridized carbons (Fsp3) is 0.714. The lowest BCUT2D eigenvalue weighted by atomic mass is 10.1. The number of nitrogens with one attached hydrogen (secondary N) is 1. The van der Waals surface area contributed by atoms with E-state index >= 15 is 0 Å². The third-order valence-electron chi connectivity index (χ3n) is 2.80. The van der Waals surface area contributed by atoms with Crippen molar-refractivity contribution < 1.29 is 14.2 Å². The highest BCUT2D eigenvalue weighted by Crippen LogP contribution is 2.21. The molecule has 5 heteroatoms. The highest BCUT2D eigenvalue weighted by atomic mass is 31.0. The molecule has 0 aromatic heterocycles. The molecule has 1 saturated heterocycles. The van der Waals surface area contributed by atoms with Gasteiger partial charge < -0.3 is 19.5 Å². The van der Waals surface area contributed by atoms with Crippen molar-refractivity contribution >= 4 is 9.24 Å². The maximum absolute atomic E-state index is 5.79. The van der Waals surface area contributed by atoms with Crippen LogP contribution in [0.4, 0.5) is 0 Å². The largest absolute Gasteiger partial charge is 0.490 e. The Morgan fingerprint density at radius 2 is 1.95 bits per heavy atom. The maximum Gasteiger partial charge on any atom is 0.157 e. The van der Waals surface area contributed by atoms with Gasteiger partial charge in [0.1, 0.15) is 12.7 Å². The van der Waals surface area contributed by atoms with Crippen molar-refractivity contribution in [3.8, 4) is 0 Å². The molecule has 1 N–H and O–H groups in total. The molecular formula is C14H26NO3P. The van der Waals surface area contributed by atoms with Crippen LogP contribution in [0.1, 0.15) is 19.8 Å². The second kappa shape index (κ2) is 10.2. The summed E-state index contributed by atoms with van der Waals surface area (Å²) in [5.74, 6) is 1.75. The second-order valence-corrected chi connectivity index (χ2v) is 4.16. The number of ether oxygens (including phenoxy) is 3. The molecule has 0 saturated carbocycles. The Labute approximate surface area is 118 Å². The van der Waals surface area contributed by atoms with Crippen molar-refractivity contribution in [2.75, 3.05) is 39.6 Å². The third-order valence-corrected chi connectivity index (χ3v) is 2.80. The minimum atomic E-state index is 0.148. The van der Waals surface area contributed by atoms with Gasteiger partial charge in [0.25, 0.3) is 0 Å². The van der Waals surface area contributed by atoms with E-state index in [4.69, 9.17) is 14.2 Å². The average molecular weight is 287 g/mol. The molecule has 2 unspecified atom stereocenters. The first-order valence-corrected chi connectivity index (χ1v) is 8.12. The first-order valence-electron chi connectivity index (χ1n) is 6.96. The van der Waals surface area contributed by atoms with Gasteiger partial charge in [0.05, 0.1) is 13.2 Å².